The second kappa shape index (κ2) is 8.29. The van der Waals surface area contributed by atoms with Gasteiger partial charge in [-0.1, -0.05) is 61.7 Å². The molecule has 4 aliphatic carbocycles. The summed E-state index contributed by atoms with van der Waals surface area (Å²) in [6.45, 7) is 9.30. The zero-order chi connectivity index (χ0) is 23.7. The lowest BCUT2D eigenvalue weighted by molar-refractivity contribution is -0.765. The average Bonchev–Trinajstić information content (AvgIpc) is 3.37. The molecule has 1 aromatic carbocycles. The van der Waals surface area contributed by atoms with Gasteiger partial charge in [-0.3, -0.25) is 0 Å². The molecule has 184 valence electrons. The highest BCUT2D eigenvalue weighted by atomic mass is 15.1. The maximum absolute atomic E-state index is 5.27. The van der Waals surface area contributed by atoms with Gasteiger partial charge in [-0.05, 0) is 92.9 Å². The Morgan fingerprint density at radius 1 is 1.09 bits per heavy atom. The fourth-order valence-corrected chi connectivity index (χ4v) is 9.62. The predicted octanol–water partition coefficient (Wildman–Crippen LogP) is 7.62. The predicted molar refractivity (Wildman–Crippen MR) is 142 cm³/mol. The minimum atomic E-state index is 0.229. The summed E-state index contributed by atoms with van der Waals surface area (Å²) in [6.07, 6.45) is 16.9. The molecule has 2 nitrogen and oxygen atoms in total. The van der Waals surface area contributed by atoms with E-state index >= 15 is 0 Å². The van der Waals surface area contributed by atoms with Gasteiger partial charge in [0.25, 0.3) is 6.33 Å². The minimum absolute atomic E-state index is 0.229. The molecular formula is C33H43N2+. The molecule has 0 amide bonds. The molecule has 0 N–H and O–H groups in total. The van der Waals surface area contributed by atoms with Crippen LogP contribution in [0.5, 0.6) is 0 Å². The standard InChI is InChI=1S/C33H43N2/c1-4-6-9-21(3)25-14-15-27-28-16-23(32(25)27)17-29(28)30-18-31-26-11-8-7-10-22(26)19-33(5-2,24-12-13-24)35(31)20-34-30/h7-8,10-11,18,20,23-25,27-29,32H,3-6,9,12-17,19H2,1-2H3/q+1. The van der Waals surface area contributed by atoms with Crippen LogP contribution in [-0.2, 0) is 12.0 Å². The molecule has 5 aliphatic rings. The molecular weight excluding hydrogens is 424 g/mol. The number of rotatable bonds is 7. The van der Waals surface area contributed by atoms with Gasteiger partial charge in [0.2, 0.25) is 0 Å². The van der Waals surface area contributed by atoms with Crippen LogP contribution in [-0.4, -0.2) is 4.98 Å². The third-order valence-electron chi connectivity index (χ3n) is 11.4. The van der Waals surface area contributed by atoms with E-state index in [0.717, 1.165) is 35.5 Å². The SMILES string of the molecule is C=C(CCCC)C1CCC2C3CC(CC3c3cc4[n+](cn3)C(CC)(C3CC3)Cc3ccccc3-4)C12. The molecule has 0 spiro atoms. The highest BCUT2D eigenvalue weighted by molar-refractivity contribution is 5.63. The maximum Gasteiger partial charge on any atom is 0.287 e. The van der Waals surface area contributed by atoms with Crippen LogP contribution < -0.4 is 4.57 Å². The molecule has 4 fully saturated rings. The van der Waals surface area contributed by atoms with Crippen molar-refractivity contribution in [3.63, 3.8) is 0 Å². The summed E-state index contributed by atoms with van der Waals surface area (Å²) in [5.41, 5.74) is 7.66. The Kier molecular flexibility index (Phi) is 5.27. The summed E-state index contributed by atoms with van der Waals surface area (Å²) in [4.78, 5) is 5.27. The molecule has 4 saturated carbocycles. The Hall–Kier alpha value is -1.96. The number of fused-ring (bicyclic) bond motifs is 8. The minimum Gasteiger partial charge on any atom is -0.224 e. The monoisotopic (exact) mass is 467 g/mol. The summed E-state index contributed by atoms with van der Waals surface area (Å²) < 4.78 is 2.62. The number of benzene rings is 1. The van der Waals surface area contributed by atoms with Crippen molar-refractivity contribution in [2.24, 2.45) is 35.5 Å². The zero-order valence-electron chi connectivity index (χ0n) is 21.9. The van der Waals surface area contributed by atoms with Crippen molar-refractivity contribution in [2.75, 3.05) is 0 Å². The summed E-state index contributed by atoms with van der Waals surface area (Å²) in [7, 11) is 0. The van der Waals surface area contributed by atoms with Crippen molar-refractivity contribution in [3.05, 3.63) is 60.1 Å². The van der Waals surface area contributed by atoms with E-state index in [9.17, 15) is 0 Å². The highest BCUT2D eigenvalue weighted by Gasteiger charge is 2.59. The molecule has 7 rings (SSSR count). The number of unbranched alkanes of at least 4 members (excludes halogenated alkanes) is 1. The normalized spacial score (nSPS) is 36.6. The van der Waals surface area contributed by atoms with Crippen LogP contribution in [0.25, 0.3) is 11.3 Å². The molecule has 2 heterocycles. The van der Waals surface area contributed by atoms with Crippen molar-refractivity contribution in [1.29, 1.82) is 0 Å². The first-order chi connectivity index (χ1) is 17.1. The van der Waals surface area contributed by atoms with E-state index in [2.05, 4.69) is 61.7 Å². The molecule has 2 heteroatoms. The van der Waals surface area contributed by atoms with Crippen LogP contribution in [0.3, 0.4) is 0 Å². The second-order valence-corrected chi connectivity index (χ2v) is 12.8. The first kappa shape index (κ1) is 22.3. The number of nitrogens with zero attached hydrogens (tertiary/aromatic N) is 2. The summed E-state index contributed by atoms with van der Waals surface area (Å²) in [6, 6.07) is 11.8. The van der Waals surface area contributed by atoms with Crippen molar-refractivity contribution in [1.82, 2.24) is 4.98 Å². The number of hydrogen-bond donors (Lipinski definition) is 0. The molecule has 7 unspecified atom stereocenters. The van der Waals surface area contributed by atoms with Crippen LogP contribution in [0.2, 0.25) is 0 Å². The first-order valence-electron chi connectivity index (χ1n) is 14.8. The smallest absolute Gasteiger partial charge is 0.224 e. The van der Waals surface area contributed by atoms with Crippen molar-refractivity contribution < 1.29 is 4.57 Å². The topological polar surface area (TPSA) is 16.8 Å². The number of aromatic nitrogens is 2. The summed E-state index contributed by atoms with van der Waals surface area (Å²) in [5, 5.41) is 0. The Morgan fingerprint density at radius 3 is 2.74 bits per heavy atom. The van der Waals surface area contributed by atoms with Gasteiger partial charge in [-0.2, -0.15) is 0 Å². The van der Waals surface area contributed by atoms with Crippen LogP contribution in [0.15, 0.2) is 48.8 Å². The Morgan fingerprint density at radius 2 is 1.94 bits per heavy atom. The Balaban J connectivity index is 1.21. The third-order valence-corrected chi connectivity index (χ3v) is 11.4. The summed E-state index contributed by atoms with van der Waals surface area (Å²) >= 11 is 0. The molecule has 7 atom stereocenters. The molecule has 0 saturated heterocycles. The van der Waals surface area contributed by atoms with Crippen LogP contribution in [0.1, 0.15) is 95.2 Å². The van der Waals surface area contributed by atoms with Gasteiger partial charge in [-0.25, -0.2) is 4.57 Å². The van der Waals surface area contributed by atoms with E-state index in [1.807, 2.05) is 0 Å². The van der Waals surface area contributed by atoms with Gasteiger partial charge < -0.3 is 0 Å². The molecule has 2 bridgehead atoms. The average molecular weight is 468 g/mol. The van der Waals surface area contributed by atoms with E-state index in [4.69, 9.17) is 4.98 Å². The van der Waals surface area contributed by atoms with Gasteiger partial charge >= 0.3 is 0 Å². The van der Waals surface area contributed by atoms with E-state index in [0.29, 0.717) is 5.92 Å². The Labute approximate surface area is 212 Å². The van der Waals surface area contributed by atoms with Crippen LogP contribution >= 0.6 is 0 Å². The summed E-state index contributed by atoms with van der Waals surface area (Å²) in [5.74, 6) is 5.89. The molecule has 1 aliphatic heterocycles. The Bertz CT molecular complexity index is 1150. The van der Waals surface area contributed by atoms with E-state index in [1.54, 1.807) is 11.1 Å². The zero-order valence-corrected chi connectivity index (χ0v) is 21.9. The molecule has 2 aromatic rings. The quantitative estimate of drug-likeness (QED) is 0.302. The van der Waals surface area contributed by atoms with E-state index in [1.165, 1.54) is 87.6 Å². The molecule has 1 aromatic heterocycles. The maximum atomic E-state index is 5.27. The van der Waals surface area contributed by atoms with E-state index < -0.39 is 0 Å². The van der Waals surface area contributed by atoms with Gasteiger partial charge in [0.1, 0.15) is 11.2 Å². The van der Waals surface area contributed by atoms with Crippen molar-refractivity contribution >= 4 is 0 Å². The lowest BCUT2D eigenvalue weighted by atomic mass is 9.70. The number of allylic oxidation sites excluding steroid dienone is 1. The van der Waals surface area contributed by atoms with Gasteiger partial charge in [0, 0.05) is 29.9 Å². The second-order valence-electron chi connectivity index (χ2n) is 12.8. The van der Waals surface area contributed by atoms with E-state index in [-0.39, 0.29) is 5.54 Å². The van der Waals surface area contributed by atoms with Crippen molar-refractivity contribution in [2.45, 2.75) is 95.9 Å². The largest absolute Gasteiger partial charge is 0.287 e. The number of hydrogen-bond acceptors (Lipinski definition) is 1. The van der Waals surface area contributed by atoms with Gasteiger partial charge in [0.05, 0.1) is 0 Å². The lowest BCUT2D eigenvalue weighted by Gasteiger charge is -2.37. The lowest BCUT2D eigenvalue weighted by Crippen LogP contribution is -2.62. The third kappa shape index (κ3) is 3.27. The fraction of sp³-hybridized carbons (Fsp3) is 0.636. The van der Waals surface area contributed by atoms with Crippen molar-refractivity contribution in [3.8, 4) is 11.3 Å². The van der Waals surface area contributed by atoms with Gasteiger partial charge in [-0.15, -0.1) is 0 Å². The van der Waals surface area contributed by atoms with Crippen LogP contribution in [0, 0.1) is 35.5 Å². The van der Waals surface area contributed by atoms with Gasteiger partial charge in [0.15, 0.2) is 5.69 Å². The highest BCUT2D eigenvalue weighted by Crippen LogP contribution is 2.66. The fourth-order valence-electron chi connectivity index (χ4n) is 9.62. The first-order valence-corrected chi connectivity index (χ1v) is 14.8. The molecule has 0 radical (unpaired) electrons. The van der Waals surface area contributed by atoms with Crippen LogP contribution in [0.4, 0.5) is 0 Å². The molecule has 35 heavy (non-hydrogen) atoms.